The van der Waals surface area contributed by atoms with Crippen LogP contribution in [0.15, 0.2) is 23.5 Å². The molecule has 4 atom stereocenters. The van der Waals surface area contributed by atoms with Gasteiger partial charge in [-0.1, -0.05) is 0 Å². The zero-order valence-electron chi connectivity index (χ0n) is 13.0. The number of rotatable bonds is 4. The number of aliphatic hydroxyl groups is 2. The molecule has 0 amide bonds. The number of esters is 1. The van der Waals surface area contributed by atoms with Gasteiger partial charge in [-0.05, 0) is 6.08 Å². The number of carbonyl (C=O) groups is 1. The van der Waals surface area contributed by atoms with E-state index in [1.807, 2.05) is 0 Å². The van der Waals surface area contributed by atoms with Crippen LogP contribution in [0.1, 0.15) is 18.3 Å². The predicted molar refractivity (Wildman–Crippen MR) is 82.0 cm³/mol. The van der Waals surface area contributed by atoms with Crippen LogP contribution in [0.2, 0.25) is 0 Å². The highest BCUT2D eigenvalue weighted by molar-refractivity contribution is 6.00. The van der Waals surface area contributed by atoms with E-state index in [-0.39, 0.29) is 13.0 Å². The lowest BCUT2D eigenvalue weighted by molar-refractivity contribution is -0.134. The van der Waals surface area contributed by atoms with Crippen LogP contribution < -0.4 is 5.73 Å². The molecule has 0 radical (unpaired) electrons. The number of aromatic nitrogens is 2. The first kappa shape index (κ1) is 16.6. The molecular formula is C14H19N5O5. The molecule has 0 aromatic carbocycles. The number of amidine groups is 1. The number of aliphatic imine (C=N–C) groups is 1. The van der Waals surface area contributed by atoms with Gasteiger partial charge in [0.25, 0.3) is 0 Å². The summed E-state index contributed by atoms with van der Waals surface area (Å²) >= 11 is 0. The average Bonchev–Trinajstić information content (AvgIpc) is 3.19. The zero-order valence-corrected chi connectivity index (χ0v) is 13.0. The first-order chi connectivity index (χ1) is 11.5. The van der Waals surface area contributed by atoms with E-state index in [1.165, 1.54) is 25.6 Å². The summed E-state index contributed by atoms with van der Waals surface area (Å²) in [6, 6.07) is 0. The standard InChI is InChI=1S/C14H19N5O5/c1-23-10(22)3-2-9-18-13-11(16-6-17-13)12(15)19(9)14-8(21)4-7(5-20)24-14/h2-3,6-8,12,14,20-21H,4-5,15H2,1H3,(H,16,17)/b3-2+. The lowest BCUT2D eigenvalue weighted by Gasteiger charge is -2.38. The number of ether oxygens (including phenoxy) is 2. The Kier molecular flexibility index (Phi) is 4.62. The van der Waals surface area contributed by atoms with E-state index < -0.39 is 30.6 Å². The highest BCUT2D eigenvalue weighted by Gasteiger charge is 2.43. The van der Waals surface area contributed by atoms with Gasteiger partial charge in [0.1, 0.15) is 18.1 Å². The van der Waals surface area contributed by atoms with Gasteiger partial charge in [0, 0.05) is 12.5 Å². The number of carbonyl (C=O) groups excluding carboxylic acids is 1. The second-order valence-electron chi connectivity index (χ2n) is 5.45. The van der Waals surface area contributed by atoms with Gasteiger partial charge < -0.3 is 35.3 Å². The highest BCUT2D eigenvalue weighted by Crippen LogP contribution is 2.34. The molecule has 10 heteroatoms. The summed E-state index contributed by atoms with van der Waals surface area (Å²) < 4.78 is 10.2. The van der Waals surface area contributed by atoms with Crippen molar-refractivity contribution in [1.82, 2.24) is 14.9 Å². The van der Waals surface area contributed by atoms with Gasteiger partial charge in [0.05, 0.1) is 31.8 Å². The summed E-state index contributed by atoms with van der Waals surface area (Å²) in [5.74, 6) is 0.143. The first-order valence-corrected chi connectivity index (χ1v) is 7.41. The highest BCUT2D eigenvalue weighted by atomic mass is 16.5. The molecule has 4 unspecified atom stereocenters. The van der Waals surface area contributed by atoms with Crippen LogP contribution in [0.5, 0.6) is 0 Å². The van der Waals surface area contributed by atoms with Crippen molar-refractivity contribution < 1.29 is 24.5 Å². The molecule has 1 fully saturated rings. The normalized spacial score (nSPS) is 29.7. The molecule has 3 rings (SSSR count). The predicted octanol–water partition coefficient (Wildman–Crippen LogP) is -1.09. The third kappa shape index (κ3) is 2.91. The molecule has 5 N–H and O–H groups in total. The summed E-state index contributed by atoms with van der Waals surface area (Å²) in [5.41, 5.74) is 6.83. The lowest BCUT2D eigenvalue weighted by atomic mass is 10.1. The van der Waals surface area contributed by atoms with Gasteiger partial charge in [0.15, 0.2) is 12.0 Å². The molecule has 0 spiro atoms. The Hall–Kier alpha value is -2.27. The topological polar surface area (TPSA) is 146 Å². The molecule has 1 saturated heterocycles. The van der Waals surface area contributed by atoms with Gasteiger partial charge in [0.2, 0.25) is 0 Å². The molecule has 3 heterocycles. The van der Waals surface area contributed by atoms with Crippen LogP contribution in [0, 0.1) is 0 Å². The minimum absolute atomic E-state index is 0.212. The number of nitrogens with two attached hydrogens (primary N) is 1. The molecule has 1 aromatic heterocycles. The molecule has 10 nitrogen and oxygen atoms in total. The van der Waals surface area contributed by atoms with E-state index in [2.05, 4.69) is 19.7 Å². The lowest BCUT2D eigenvalue weighted by Crippen LogP contribution is -2.51. The first-order valence-electron chi connectivity index (χ1n) is 7.41. The molecule has 0 bridgehead atoms. The molecule has 0 aliphatic carbocycles. The number of fused-ring (bicyclic) bond motifs is 1. The van der Waals surface area contributed by atoms with Crippen LogP contribution in [-0.4, -0.2) is 69.0 Å². The maximum Gasteiger partial charge on any atom is 0.330 e. The summed E-state index contributed by atoms with van der Waals surface area (Å²) in [4.78, 5) is 24.2. The fraction of sp³-hybridized carbons (Fsp3) is 0.500. The van der Waals surface area contributed by atoms with Crippen LogP contribution in [0.25, 0.3) is 0 Å². The Balaban J connectivity index is 1.95. The van der Waals surface area contributed by atoms with E-state index in [0.29, 0.717) is 17.3 Å². The van der Waals surface area contributed by atoms with E-state index in [0.717, 1.165) is 0 Å². The summed E-state index contributed by atoms with van der Waals surface area (Å²) in [5, 5.41) is 19.5. The third-order valence-corrected chi connectivity index (χ3v) is 3.94. The molecule has 24 heavy (non-hydrogen) atoms. The van der Waals surface area contributed by atoms with Gasteiger partial charge in [-0.2, -0.15) is 0 Å². The molecule has 130 valence electrons. The Bertz CT molecular complexity index is 672. The van der Waals surface area contributed by atoms with Crippen LogP contribution >= 0.6 is 0 Å². The van der Waals surface area contributed by atoms with Crippen molar-refractivity contribution in [1.29, 1.82) is 0 Å². The number of imidazole rings is 1. The van der Waals surface area contributed by atoms with E-state index in [9.17, 15) is 15.0 Å². The van der Waals surface area contributed by atoms with Gasteiger partial charge in [-0.25, -0.2) is 14.8 Å². The van der Waals surface area contributed by atoms with E-state index in [1.54, 1.807) is 4.90 Å². The number of nitrogens with zero attached hydrogens (tertiary/aromatic N) is 3. The van der Waals surface area contributed by atoms with Crippen molar-refractivity contribution >= 4 is 17.6 Å². The SMILES string of the molecule is COC(=O)/C=C/C1=Nc2nc[nH]c2C(N)N1C1OC(CO)CC1O. The molecule has 2 aliphatic heterocycles. The molecule has 0 saturated carbocycles. The number of hydrogen-bond acceptors (Lipinski definition) is 9. The average molecular weight is 337 g/mol. The summed E-state index contributed by atoms with van der Waals surface area (Å²) in [6.07, 6.45) is 1.47. The number of nitrogens with one attached hydrogen (secondary N) is 1. The fourth-order valence-electron chi connectivity index (χ4n) is 2.77. The van der Waals surface area contributed by atoms with Crippen LogP contribution in [0.3, 0.4) is 0 Å². The molecular weight excluding hydrogens is 318 g/mol. The third-order valence-electron chi connectivity index (χ3n) is 3.94. The van der Waals surface area contributed by atoms with Gasteiger partial charge in [-0.3, -0.25) is 0 Å². The van der Waals surface area contributed by atoms with Crippen LogP contribution in [-0.2, 0) is 14.3 Å². The van der Waals surface area contributed by atoms with Crippen molar-refractivity contribution in [2.24, 2.45) is 10.7 Å². The van der Waals surface area contributed by atoms with Gasteiger partial charge >= 0.3 is 5.97 Å². The number of H-pyrrole nitrogens is 1. The van der Waals surface area contributed by atoms with E-state index >= 15 is 0 Å². The smallest absolute Gasteiger partial charge is 0.330 e. The Morgan fingerprint density at radius 1 is 1.67 bits per heavy atom. The Labute approximate surface area is 137 Å². The molecule has 2 aliphatic rings. The fourth-order valence-corrected chi connectivity index (χ4v) is 2.77. The van der Waals surface area contributed by atoms with Crippen molar-refractivity contribution in [3.63, 3.8) is 0 Å². The quantitative estimate of drug-likeness (QED) is 0.400. The number of hydrogen-bond donors (Lipinski definition) is 4. The Morgan fingerprint density at radius 3 is 3.12 bits per heavy atom. The number of aliphatic hydroxyl groups excluding tert-OH is 2. The van der Waals surface area contributed by atoms with Gasteiger partial charge in [-0.15, -0.1) is 0 Å². The van der Waals surface area contributed by atoms with E-state index in [4.69, 9.17) is 10.5 Å². The second kappa shape index (κ2) is 6.69. The maximum absolute atomic E-state index is 11.4. The van der Waals surface area contributed by atoms with Crippen molar-refractivity contribution in [3.05, 3.63) is 24.2 Å². The van der Waals surface area contributed by atoms with Crippen molar-refractivity contribution in [2.45, 2.75) is 31.0 Å². The summed E-state index contributed by atoms with van der Waals surface area (Å²) in [6.45, 7) is -0.212. The minimum Gasteiger partial charge on any atom is -0.466 e. The summed E-state index contributed by atoms with van der Waals surface area (Å²) in [7, 11) is 1.26. The van der Waals surface area contributed by atoms with Crippen molar-refractivity contribution in [3.8, 4) is 0 Å². The van der Waals surface area contributed by atoms with Crippen molar-refractivity contribution in [2.75, 3.05) is 13.7 Å². The second-order valence-corrected chi connectivity index (χ2v) is 5.45. The minimum atomic E-state index is -0.866. The number of methoxy groups -OCH3 is 1. The maximum atomic E-state index is 11.4. The molecule has 1 aromatic rings. The monoisotopic (exact) mass is 337 g/mol. The van der Waals surface area contributed by atoms with Crippen LogP contribution in [0.4, 0.5) is 5.82 Å². The largest absolute Gasteiger partial charge is 0.466 e. The Morgan fingerprint density at radius 2 is 2.46 bits per heavy atom. The number of aromatic amines is 1. The zero-order chi connectivity index (χ0) is 17.3.